The van der Waals surface area contributed by atoms with Crippen LogP contribution < -0.4 is 0 Å². The molecule has 13 heteroatoms. The predicted octanol–water partition coefficient (Wildman–Crippen LogP) is 4.42. The van der Waals surface area contributed by atoms with E-state index in [4.69, 9.17) is 23.2 Å². The number of alkyl halides is 3. The Morgan fingerprint density at radius 1 is 1.05 bits per heavy atom. The molecule has 0 spiro atoms. The van der Waals surface area contributed by atoms with Crippen LogP contribution in [0.1, 0.15) is 31.4 Å². The van der Waals surface area contributed by atoms with Crippen molar-refractivity contribution in [3.05, 3.63) is 63.6 Å². The standard InChI is InChI=1S/C24H24Cl2F3N3O4S/c1-14(2)30-13-21-31(37(35,36)20-8-5-16(12-18(20)26)24(27,28)29)10-9-22(33)32(21)19(23(30)34)11-15-3-6-17(25)7-4-15/h3-8,12,14,19,21H,9-11,13H2,1-2H3. The molecular weight excluding hydrogens is 554 g/mol. The first-order valence-corrected chi connectivity index (χ1v) is 13.7. The van der Waals surface area contributed by atoms with Crippen LogP contribution in [-0.4, -0.2) is 65.7 Å². The fourth-order valence-corrected chi connectivity index (χ4v) is 6.93. The summed E-state index contributed by atoms with van der Waals surface area (Å²) < 4.78 is 67.8. The van der Waals surface area contributed by atoms with Crippen molar-refractivity contribution in [1.82, 2.24) is 14.1 Å². The molecule has 2 amide bonds. The Labute approximate surface area is 222 Å². The molecule has 37 heavy (non-hydrogen) atoms. The van der Waals surface area contributed by atoms with E-state index in [2.05, 4.69) is 0 Å². The third-order valence-electron chi connectivity index (χ3n) is 6.56. The van der Waals surface area contributed by atoms with Gasteiger partial charge in [-0.1, -0.05) is 35.3 Å². The normalized spacial score (nSPS) is 21.5. The average Bonchev–Trinajstić information content (AvgIpc) is 2.81. The monoisotopic (exact) mass is 577 g/mol. The third kappa shape index (κ3) is 5.32. The summed E-state index contributed by atoms with van der Waals surface area (Å²) in [5.74, 6) is -0.702. The van der Waals surface area contributed by atoms with Gasteiger partial charge in [-0.3, -0.25) is 9.59 Å². The highest BCUT2D eigenvalue weighted by Gasteiger charge is 2.51. The van der Waals surface area contributed by atoms with E-state index in [9.17, 15) is 31.2 Å². The first kappa shape index (κ1) is 27.7. The fraction of sp³-hybridized carbons (Fsp3) is 0.417. The molecular formula is C24H24Cl2F3N3O4S. The molecule has 200 valence electrons. The number of rotatable bonds is 5. The Hall–Kier alpha value is -2.34. The molecule has 2 saturated heterocycles. The molecule has 0 aliphatic carbocycles. The van der Waals surface area contributed by atoms with E-state index < -0.39 is 43.9 Å². The van der Waals surface area contributed by atoms with Crippen molar-refractivity contribution in [2.45, 2.75) is 56.0 Å². The van der Waals surface area contributed by atoms with E-state index in [1.54, 1.807) is 38.1 Å². The van der Waals surface area contributed by atoms with Crippen molar-refractivity contribution >= 4 is 45.0 Å². The van der Waals surface area contributed by atoms with Crippen molar-refractivity contribution in [1.29, 1.82) is 0 Å². The minimum absolute atomic E-state index is 0.0865. The Morgan fingerprint density at radius 3 is 2.27 bits per heavy atom. The van der Waals surface area contributed by atoms with Crippen molar-refractivity contribution in [2.24, 2.45) is 0 Å². The van der Waals surface area contributed by atoms with Gasteiger partial charge in [0.1, 0.15) is 17.1 Å². The van der Waals surface area contributed by atoms with Gasteiger partial charge in [-0.2, -0.15) is 17.5 Å². The number of piperazine rings is 1. The van der Waals surface area contributed by atoms with Gasteiger partial charge in [-0.25, -0.2) is 8.42 Å². The van der Waals surface area contributed by atoms with Gasteiger partial charge < -0.3 is 9.80 Å². The number of halogens is 5. The van der Waals surface area contributed by atoms with Crippen LogP contribution in [0.2, 0.25) is 10.0 Å². The molecule has 0 radical (unpaired) electrons. The largest absolute Gasteiger partial charge is 0.416 e. The zero-order valence-electron chi connectivity index (χ0n) is 19.9. The summed E-state index contributed by atoms with van der Waals surface area (Å²) in [6.45, 7) is 3.27. The molecule has 0 bridgehead atoms. The second-order valence-corrected chi connectivity index (χ2v) is 11.9. The zero-order chi connectivity index (χ0) is 27.3. The van der Waals surface area contributed by atoms with Crippen LogP contribution in [0.5, 0.6) is 0 Å². The summed E-state index contributed by atoms with van der Waals surface area (Å²) in [5.41, 5.74) is -0.352. The van der Waals surface area contributed by atoms with E-state index in [0.29, 0.717) is 17.2 Å². The average molecular weight is 578 g/mol. The van der Waals surface area contributed by atoms with E-state index in [1.165, 1.54) is 9.80 Å². The molecule has 2 aromatic carbocycles. The minimum Gasteiger partial charge on any atom is -0.335 e. The van der Waals surface area contributed by atoms with E-state index in [-0.39, 0.29) is 43.8 Å². The number of carbonyl (C=O) groups is 2. The van der Waals surface area contributed by atoms with Gasteiger partial charge in [0.05, 0.1) is 17.1 Å². The lowest BCUT2D eigenvalue weighted by atomic mass is 9.97. The van der Waals surface area contributed by atoms with Crippen molar-refractivity contribution in [3.8, 4) is 0 Å². The Kier molecular flexibility index (Phi) is 7.55. The number of hydrogen-bond acceptors (Lipinski definition) is 4. The summed E-state index contributed by atoms with van der Waals surface area (Å²) in [6, 6.07) is 7.53. The second-order valence-electron chi connectivity index (χ2n) is 9.22. The van der Waals surface area contributed by atoms with Crippen molar-refractivity contribution < 1.29 is 31.2 Å². The Morgan fingerprint density at radius 2 is 1.70 bits per heavy atom. The maximum absolute atomic E-state index is 13.7. The highest BCUT2D eigenvalue weighted by molar-refractivity contribution is 7.89. The minimum atomic E-state index is -4.70. The highest BCUT2D eigenvalue weighted by Crippen LogP contribution is 2.37. The number of fused-ring (bicyclic) bond motifs is 1. The lowest BCUT2D eigenvalue weighted by Gasteiger charge is -2.52. The maximum Gasteiger partial charge on any atom is 0.416 e. The van der Waals surface area contributed by atoms with Crippen LogP contribution in [0.4, 0.5) is 13.2 Å². The zero-order valence-corrected chi connectivity index (χ0v) is 22.2. The third-order valence-corrected chi connectivity index (χ3v) is 9.19. The Bertz CT molecular complexity index is 1320. The summed E-state index contributed by atoms with van der Waals surface area (Å²) >= 11 is 12.0. The van der Waals surface area contributed by atoms with Crippen LogP contribution in [0.15, 0.2) is 47.4 Å². The lowest BCUT2D eigenvalue weighted by molar-refractivity contribution is -0.166. The summed E-state index contributed by atoms with van der Waals surface area (Å²) in [4.78, 5) is 28.9. The fourth-order valence-electron chi connectivity index (χ4n) is 4.71. The first-order valence-electron chi connectivity index (χ1n) is 11.5. The molecule has 0 N–H and O–H groups in total. The maximum atomic E-state index is 13.7. The van der Waals surface area contributed by atoms with Crippen molar-refractivity contribution in [3.63, 3.8) is 0 Å². The molecule has 2 heterocycles. The van der Waals surface area contributed by atoms with E-state index in [1.807, 2.05) is 0 Å². The molecule has 0 aromatic heterocycles. The quantitative estimate of drug-likeness (QED) is 0.527. The number of sulfonamides is 1. The molecule has 2 atom stereocenters. The van der Waals surface area contributed by atoms with Crippen LogP contribution in [-0.2, 0) is 32.2 Å². The van der Waals surface area contributed by atoms with Gasteiger partial charge in [-0.15, -0.1) is 0 Å². The van der Waals surface area contributed by atoms with Crippen molar-refractivity contribution in [2.75, 3.05) is 13.1 Å². The second kappa shape index (κ2) is 10.1. The van der Waals surface area contributed by atoms with Gasteiger partial charge in [0.15, 0.2) is 0 Å². The predicted molar refractivity (Wildman–Crippen MR) is 131 cm³/mol. The molecule has 2 aliphatic rings. The molecule has 2 aliphatic heterocycles. The molecule has 2 aromatic rings. The van der Waals surface area contributed by atoms with Crippen LogP contribution in [0, 0.1) is 0 Å². The molecule has 4 rings (SSSR count). The topological polar surface area (TPSA) is 78.0 Å². The summed E-state index contributed by atoms with van der Waals surface area (Å²) in [7, 11) is -4.43. The number of nitrogens with zero attached hydrogens (tertiary/aromatic N) is 3. The lowest BCUT2D eigenvalue weighted by Crippen LogP contribution is -2.72. The number of benzene rings is 2. The molecule has 2 unspecified atom stereocenters. The molecule has 0 saturated carbocycles. The summed E-state index contributed by atoms with van der Waals surface area (Å²) in [5, 5.41) is -0.0799. The van der Waals surface area contributed by atoms with E-state index >= 15 is 0 Å². The van der Waals surface area contributed by atoms with Gasteiger partial charge in [-0.05, 0) is 49.7 Å². The molecule has 2 fully saturated rings. The SMILES string of the molecule is CC(C)N1CC2N(C(=O)CCN2S(=O)(=O)c2ccc(C(F)(F)F)cc2Cl)C(Cc2ccc(Cl)cc2)C1=O. The number of hydrogen-bond donors (Lipinski definition) is 0. The number of carbonyl (C=O) groups excluding carboxylic acids is 2. The van der Waals surface area contributed by atoms with Crippen LogP contribution in [0.25, 0.3) is 0 Å². The van der Waals surface area contributed by atoms with Crippen LogP contribution in [0.3, 0.4) is 0 Å². The smallest absolute Gasteiger partial charge is 0.335 e. The Balaban J connectivity index is 1.75. The highest BCUT2D eigenvalue weighted by atomic mass is 35.5. The van der Waals surface area contributed by atoms with Crippen LogP contribution >= 0.6 is 23.2 Å². The van der Waals surface area contributed by atoms with Gasteiger partial charge in [0, 0.05) is 30.5 Å². The van der Waals surface area contributed by atoms with Gasteiger partial charge in [0.2, 0.25) is 21.8 Å². The summed E-state index contributed by atoms with van der Waals surface area (Å²) in [6.07, 6.45) is -5.81. The first-order chi connectivity index (χ1) is 17.2. The molecule has 7 nitrogen and oxygen atoms in total. The van der Waals surface area contributed by atoms with Gasteiger partial charge in [0.25, 0.3) is 0 Å². The van der Waals surface area contributed by atoms with E-state index in [0.717, 1.165) is 15.9 Å². The van der Waals surface area contributed by atoms with Gasteiger partial charge >= 0.3 is 6.18 Å². The number of amides is 2.